The monoisotopic (exact) mass is 245 g/mol. The van der Waals surface area contributed by atoms with Gasteiger partial charge in [0.15, 0.2) is 0 Å². The molecule has 2 aromatic rings. The van der Waals surface area contributed by atoms with Gasteiger partial charge in [0.05, 0.1) is 12.6 Å². The number of aromatic nitrogens is 1. The van der Waals surface area contributed by atoms with Gasteiger partial charge in [0, 0.05) is 23.6 Å². The lowest BCUT2D eigenvalue weighted by Crippen LogP contribution is -1.98. The Kier molecular flexibility index (Phi) is 3.46. The minimum absolute atomic E-state index is 0.132. The molecule has 2 rings (SSSR count). The average Bonchev–Trinajstić information content (AvgIpc) is 2.35. The van der Waals surface area contributed by atoms with Crippen LogP contribution in [0, 0.1) is 6.92 Å². The predicted octanol–water partition coefficient (Wildman–Crippen LogP) is 2.57. The molecule has 0 aliphatic carbocycles. The molecule has 0 fully saturated rings. The second-order valence-corrected chi connectivity index (χ2v) is 4.21. The van der Waals surface area contributed by atoms with Crippen LogP contribution in [-0.2, 0) is 11.2 Å². The standard InChI is InChI=1S/C14H15NO3/c1-9-7-13(18-2)11-8-10(4-6-14(16)17)3-5-12(11)15-9/h3,5,7-8H,4,6H2,1-2H3,(H,16,17). The third kappa shape index (κ3) is 2.59. The summed E-state index contributed by atoms with van der Waals surface area (Å²) in [5, 5.41) is 9.61. The van der Waals surface area contributed by atoms with Crippen LogP contribution in [0.1, 0.15) is 17.7 Å². The molecule has 0 amide bonds. The van der Waals surface area contributed by atoms with E-state index in [1.165, 1.54) is 0 Å². The summed E-state index contributed by atoms with van der Waals surface area (Å²) in [6.45, 7) is 1.92. The van der Waals surface area contributed by atoms with E-state index in [9.17, 15) is 4.79 Å². The molecule has 0 saturated carbocycles. The number of pyridine rings is 1. The van der Waals surface area contributed by atoms with E-state index < -0.39 is 5.97 Å². The Hall–Kier alpha value is -2.10. The summed E-state index contributed by atoms with van der Waals surface area (Å²) in [6.07, 6.45) is 0.648. The van der Waals surface area contributed by atoms with Gasteiger partial charge in [-0.1, -0.05) is 6.07 Å². The normalized spacial score (nSPS) is 10.6. The van der Waals surface area contributed by atoms with Gasteiger partial charge in [-0.05, 0) is 31.0 Å². The quantitative estimate of drug-likeness (QED) is 0.899. The molecule has 1 N–H and O–H groups in total. The minimum atomic E-state index is -0.788. The van der Waals surface area contributed by atoms with Crippen LogP contribution in [0.5, 0.6) is 5.75 Å². The van der Waals surface area contributed by atoms with Crippen molar-refractivity contribution in [1.82, 2.24) is 4.98 Å². The van der Waals surface area contributed by atoms with Crippen molar-refractivity contribution in [1.29, 1.82) is 0 Å². The summed E-state index contributed by atoms with van der Waals surface area (Å²) in [7, 11) is 1.62. The maximum atomic E-state index is 10.6. The Balaban J connectivity index is 2.43. The number of benzene rings is 1. The molecule has 4 heteroatoms. The Labute approximate surface area is 105 Å². The summed E-state index contributed by atoms with van der Waals surface area (Å²) in [5.41, 5.74) is 2.75. The van der Waals surface area contributed by atoms with Gasteiger partial charge in [0.25, 0.3) is 0 Å². The zero-order chi connectivity index (χ0) is 13.1. The van der Waals surface area contributed by atoms with Crippen molar-refractivity contribution in [3.8, 4) is 5.75 Å². The first-order chi connectivity index (χ1) is 8.60. The lowest BCUT2D eigenvalue weighted by atomic mass is 10.1. The topological polar surface area (TPSA) is 59.4 Å². The number of methoxy groups -OCH3 is 1. The van der Waals surface area contributed by atoms with E-state index in [-0.39, 0.29) is 6.42 Å². The Bertz CT molecular complexity index is 593. The summed E-state index contributed by atoms with van der Waals surface area (Å²) >= 11 is 0. The van der Waals surface area contributed by atoms with Crippen molar-refractivity contribution in [3.05, 3.63) is 35.5 Å². The molecule has 0 atom stereocenters. The summed E-state index contributed by atoms with van der Waals surface area (Å²) in [5.74, 6) is -0.0150. The lowest BCUT2D eigenvalue weighted by molar-refractivity contribution is -0.136. The molecular formula is C14H15NO3. The van der Waals surface area contributed by atoms with Gasteiger partial charge in [-0.3, -0.25) is 9.78 Å². The second kappa shape index (κ2) is 5.04. The maximum Gasteiger partial charge on any atom is 0.303 e. The molecule has 0 saturated heterocycles. The van der Waals surface area contributed by atoms with Crippen LogP contribution < -0.4 is 4.74 Å². The van der Waals surface area contributed by atoms with Crippen molar-refractivity contribution in [3.63, 3.8) is 0 Å². The van der Waals surface area contributed by atoms with E-state index in [1.807, 2.05) is 31.2 Å². The van der Waals surface area contributed by atoms with E-state index in [4.69, 9.17) is 9.84 Å². The number of fused-ring (bicyclic) bond motifs is 1. The van der Waals surface area contributed by atoms with Crippen molar-refractivity contribution in [2.75, 3.05) is 7.11 Å². The lowest BCUT2D eigenvalue weighted by Gasteiger charge is -2.08. The largest absolute Gasteiger partial charge is 0.496 e. The van der Waals surface area contributed by atoms with Crippen molar-refractivity contribution in [2.24, 2.45) is 0 Å². The van der Waals surface area contributed by atoms with E-state index in [0.29, 0.717) is 6.42 Å². The smallest absolute Gasteiger partial charge is 0.303 e. The first-order valence-electron chi connectivity index (χ1n) is 5.76. The highest BCUT2D eigenvalue weighted by atomic mass is 16.5. The number of aliphatic carboxylic acids is 1. The third-order valence-electron chi connectivity index (χ3n) is 2.81. The number of carboxylic acid groups (broad SMARTS) is 1. The molecule has 0 aliphatic heterocycles. The minimum Gasteiger partial charge on any atom is -0.496 e. The molecule has 94 valence electrons. The number of carboxylic acids is 1. The molecule has 0 unspecified atom stereocenters. The highest BCUT2D eigenvalue weighted by molar-refractivity contribution is 5.86. The zero-order valence-electron chi connectivity index (χ0n) is 10.4. The van der Waals surface area contributed by atoms with Crippen LogP contribution in [0.3, 0.4) is 0 Å². The molecule has 0 radical (unpaired) electrons. The fourth-order valence-corrected chi connectivity index (χ4v) is 1.94. The van der Waals surface area contributed by atoms with Crippen LogP contribution >= 0.6 is 0 Å². The molecule has 0 spiro atoms. The maximum absolute atomic E-state index is 10.6. The van der Waals surface area contributed by atoms with Crippen LogP contribution in [0.4, 0.5) is 0 Å². The third-order valence-corrected chi connectivity index (χ3v) is 2.81. The van der Waals surface area contributed by atoms with Gasteiger partial charge in [-0.15, -0.1) is 0 Å². The summed E-state index contributed by atoms with van der Waals surface area (Å²) in [6, 6.07) is 7.64. The van der Waals surface area contributed by atoms with Crippen molar-refractivity contribution < 1.29 is 14.6 Å². The molecule has 0 bridgehead atoms. The van der Waals surface area contributed by atoms with E-state index in [2.05, 4.69) is 4.98 Å². The van der Waals surface area contributed by atoms with Gasteiger partial charge in [0.1, 0.15) is 5.75 Å². The Morgan fingerprint density at radius 1 is 1.39 bits per heavy atom. The molecule has 1 heterocycles. The number of carbonyl (C=O) groups is 1. The highest BCUT2D eigenvalue weighted by Crippen LogP contribution is 2.26. The number of nitrogens with zero attached hydrogens (tertiary/aromatic N) is 1. The fourth-order valence-electron chi connectivity index (χ4n) is 1.94. The van der Waals surface area contributed by atoms with E-state index in [0.717, 1.165) is 27.9 Å². The molecule has 0 aliphatic rings. The van der Waals surface area contributed by atoms with Crippen LogP contribution in [0.2, 0.25) is 0 Å². The van der Waals surface area contributed by atoms with E-state index >= 15 is 0 Å². The SMILES string of the molecule is COc1cc(C)nc2ccc(CCC(=O)O)cc12. The number of hydrogen-bond acceptors (Lipinski definition) is 3. The molecular weight excluding hydrogens is 230 g/mol. The van der Waals surface area contributed by atoms with Gasteiger partial charge in [-0.2, -0.15) is 0 Å². The number of ether oxygens (including phenoxy) is 1. The molecule has 4 nitrogen and oxygen atoms in total. The first kappa shape index (κ1) is 12.4. The van der Waals surface area contributed by atoms with Gasteiger partial charge >= 0.3 is 5.97 Å². The second-order valence-electron chi connectivity index (χ2n) is 4.21. The molecule has 1 aromatic heterocycles. The number of aryl methyl sites for hydroxylation is 2. The first-order valence-corrected chi connectivity index (χ1v) is 5.76. The predicted molar refractivity (Wildman–Crippen MR) is 69.0 cm³/mol. The average molecular weight is 245 g/mol. The fraction of sp³-hybridized carbons (Fsp3) is 0.286. The zero-order valence-corrected chi connectivity index (χ0v) is 10.4. The summed E-state index contributed by atoms with van der Waals surface area (Å²) in [4.78, 5) is 15.0. The van der Waals surface area contributed by atoms with Crippen LogP contribution in [0.25, 0.3) is 10.9 Å². The molecule has 1 aromatic carbocycles. The highest BCUT2D eigenvalue weighted by Gasteiger charge is 2.06. The van der Waals surface area contributed by atoms with Crippen molar-refractivity contribution in [2.45, 2.75) is 19.8 Å². The Morgan fingerprint density at radius 2 is 2.17 bits per heavy atom. The molecule has 18 heavy (non-hydrogen) atoms. The number of hydrogen-bond donors (Lipinski definition) is 1. The number of rotatable bonds is 4. The van der Waals surface area contributed by atoms with Gasteiger partial charge in [0.2, 0.25) is 0 Å². The van der Waals surface area contributed by atoms with Gasteiger partial charge < -0.3 is 9.84 Å². The van der Waals surface area contributed by atoms with Crippen molar-refractivity contribution >= 4 is 16.9 Å². The van der Waals surface area contributed by atoms with Gasteiger partial charge in [-0.25, -0.2) is 0 Å². The summed E-state index contributed by atoms with van der Waals surface area (Å²) < 4.78 is 5.33. The van der Waals surface area contributed by atoms with E-state index in [1.54, 1.807) is 7.11 Å². The Morgan fingerprint density at radius 3 is 2.83 bits per heavy atom. The van der Waals surface area contributed by atoms with Crippen LogP contribution in [-0.4, -0.2) is 23.2 Å². The van der Waals surface area contributed by atoms with Crippen LogP contribution in [0.15, 0.2) is 24.3 Å².